The molecule has 2 aliphatic carbocycles. The predicted molar refractivity (Wildman–Crippen MR) is 236 cm³/mol. The molecule has 3 aromatic carbocycles. The summed E-state index contributed by atoms with van der Waals surface area (Å²) in [4.78, 5) is 55.3. The quantitative estimate of drug-likeness (QED) is 0.135. The SMILES string of the molecule is CC(C)Oc1ccc(-c2nc(O[C@@H]3C[C@H]4C(=O)C[C@]5(C(=O)NS(=O)(=O)C6CC6)C[C@H]5/C=C\CCCCC[C@H](Cc5ccc(Cl)cc5)C(=O)N4C3)c3oc4ccccc4c3n2)cc1. The van der Waals surface area contributed by atoms with Crippen molar-refractivity contribution in [3.63, 3.8) is 0 Å². The Labute approximate surface area is 366 Å². The number of hydrogen-bond acceptors (Lipinski definition) is 10. The fraction of sp³-hybridized carbons (Fsp3) is 0.438. The van der Waals surface area contributed by atoms with Crippen LogP contribution < -0.4 is 14.2 Å². The van der Waals surface area contributed by atoms with E-state index in [1.54, 1.807) is 4.90 Å². The molecule has 12 nitrogen and oxygen atoms in total. The number of Topliss-reactive ketones (excluding diaryl/α,β-unsaturated/α-hetero) is 1. The van der Waals surface area contributed by atoms with E-state index in [4.69, 9.17) is 35.5 Å². The summed E-state index contributed by atoms with van der Waals surface area (Å²) >= 11 is 6.23. The van der Waals surface area contributed by atoms with Gasteiger partial charge in [-0.05, 0) is 119 Å². The number of para-hydroxylation sites is 1. The molecule has 2 aromatic heterocycles. The van der Waals surface area contributed by atoms with Gasteiger partial charge in [0.25, 0.3) is 5.88 Å². The van der Waals surface area contributed by atoms with Crippen molar-refractivity contribution in [2.75, 3.05) is 6.54 Å². The van der Waals surface area contributed by atoms with Crippen molar-refractivity contribution < 1.29 is 36.7 Å². The number of amides is 2. The molecule has 324 valence electrons. The van der Waals surface area contributed by atoms with Crippen molar-refractivity contribution in [3.05, 3.63) is 95.5 Å². The van der Waals surface area contributed by atoms with Gasteiger partial charge in [0.2, 0.25) is 27.4 Å². The first-order chi connectivity index (χ1) is 29.9. The zero-order valence-electron chi connectivity index (χ0n) is 34.9. The van der Waals surface area contributed by atoms with Crippen LogP contribution in [0.1, 0.15) is 83.6 Å². The van der Waals surface area contributed by atoms with E-state index >= 15 is 0 Å². The molecule has 1 saturated heterocycles. The second kappa shape index (κ2) is 17.1. The Hall–Kier alpha value is -5.27. The number of benzene rings is 3. The maximum absolute atomic E-state index is 15.0. The molecule has 2 amide bonds. The van der Waals surface area contributed by atoms with E-state index in [0.29, 0.717) is 65.4 Å². The number of fused-ring (bicyclic) bond motifs is 5. The molecule has 2 saturated carbocycles. The number of aromatic nitrogens is 2. The average molecular weight is 879 g/mol. The second-order valence-corrected chi connectivity index (χ2v) is 20.1. The minimum Gasteiger partial charge on any atom is -0.491 e. The Bertz CT molecular complexity index is 2640. The molecule has 5 atom stereocenters. The maximum Gasteiger partial charge on any atom is 0.262 e. The van der Waals surface area contributed by atoms with Crippen LogP contribution in [-0.2, 0) is 30.8 Å². The molecular weight excluding hydrogens is 828 g/mol. The molecule has 0 spiro atoms. The van der Waals surface area contributed by atoms with Gasteiger partial charge in [-0.25, -0.2) is 13.4 Å². The highest BCUT2D eigenvalue weighted by molar-refractivity contribution is 7.90. The molecule has 0 bridgehead atoms. The number of rotatable bonds is 10. The third-order valence-electron chi connectivity index (χ3n) is 12.7. The molecular formula is C48H51ClN4O8S. The molecule has 9 rings (SSSR count). The van der Waals surface area contributed by atoms with E-state index in [0.717, 1.165) is 42.2 Å². The fourth-order valence-corrected chi connectivity index (χ4v) is 10.6. The van der Waals surface area contributed by atoms with Crippen molar-refractivity contribution in [1.82, 2.24) is 19.6 Å². The number of nitrogens with zero attached hydrogens (tertiary/aromatic N) is 3. The van der Waals surface area contributed by atoms with Crippen LogP contribution in [-0.4, -0.2) is 70.9 Å². The highest BCUT2D eigenvalue weighted by atomic mass is 35.5. The molecule has 0 unspecified atom stereocenters. The van der Waals surface area contributed by atoms with Gasteiger partial charge in [-0.1, -0.05) is 60.9 Å². The standard InChI is InChI=1S/C48H51ClN4O8S/c1-29(2)59-35-20-16-31(17-21-35)44-50-42-38-12-8-9-13-41(38)61-43(42)45(51-44)60-36-25-39-40(54)27-48(47(56)52-62(57,58)37-22-23-37)26-33(48)11-7-5-3-4-6-10-32(46(55)53(39)28-36)24-30-14-18-34(49)19-15-30/h7-9,11-21,29,32-33,36-37,39H,3-6,10,22-28H2,1-2H3,(H,52,56)/b11-7-/t32-,33-,36-,39+,48-/m1/s1. The molecule has 2 aliphatic heterocycles. The number of halogens is 1. The van der Waals surface area contributed by atoms with Crippen LogP contribution in [0.5, 0.6) is 11.6 Å². The molecule has 3 fully saturated rings. The highest BCUT2D eigenvalue weighted by Crippen LogP contribution is 2.57. The number of carbonyl (C=O) groups is 3. The molecule has 14 heteroatoms. The third-order valence-corrected chi connectivity index (χ3v) is 14.7. The first kappa shape index (κ1) is 42.1. The van der Waals surface area contributed by atoms with Crippen molar-refractivity contribution in [3.8, 4) is 23.0 Å². The number of sulfonamides is 1. The number of allylic oxidation sites excluding steroid dienone is 2. The van der Waals surface area contributed by atoms with E-state index in [2.05, 4.69) is 4.72 Å². The zero-order valence-corrected chi connectivity index (χ0v) is 36.5. The first-order valence-electron chi connectivity index (χ1n) is 21.8. The van der Waals surface area contributed by atoms with Crippen LogP contribution in [0, 0.1) is 17.3 Å². The van der Waals surface area contributed by atoms with Crippen LogP contribution in [0.15, 0.2) is 89.4 Å². The summed E-state index contributed by atoms with van der Waals surface area (Å²) in [5.74, 6) is -0.552. The molecule has 4 heterocycles. The Morgan fingerprint density at radius 1 is 0.984 bits per heavy atom. The van der Waals surface area contributed by atoms with Gasteiger partial charge < -0.3 is 18.8 Å². The van der Waals surface area contributed by atoms with Crippen LogP contribution in [0.4, 0.5) is 0 Å². The van der Waals surface area contributed by atoms with Crippen LogP contribution in [0.2, 0.25) is 5.02 Å². The van der Waals surface area contributed by atoms with Crippen LogP contribution in [0.3, 0.4) is 0 Å². The van der Waals surface area contributed by atoms with Gasteiger partial charge in [0.05, 0.1) is 29.4 Å². The number of carbonyl (C=O) groups excluding carboxylic acids is 3. The lowest BCUT2D eigenvalue weighted by Crippen LogP contribution is -2.46. The van der Waals surface area contributed by atoms with Crippen LogP contribution in [0.25, 0.3) is 33.5 Å². The average Bonchev–Trinajstić information content (AvgIpc) is 4.15. The van der Waals surface area contributed by atoms with Gasteiger partial charge in [-0.15, -0.1) is 0 Å². The number of hydrogen-bond donors (Lipinski definition) is 1. The van der Waals surface area contributed by atoms with Gasteiger partial charge in [0, 0.05) is 34.7 Å². The summed E-state index contributed by atoms with van der Waals surface area (Å²) in [6.07, 6.45) is 9.10. The minimum absolute atomic E-state index is 0.00607. The van der Waals surface area contributed by atoms with Crippen molar-refractivity contribution in [1.29, 1.82) is 0 Å². The fourth-order valence-electron chi connectivity index (χ4n) is 9.11. The minimum atomic E-state index is -3.85. The van der Waals surface area contributed by atoms with E-state index in [9.17, 15) is 22.8 Å². The molecule has 5 aromatic rings. The summed E-state index contributed by atoms with van der Waals surface area (Å²) in [5, 5.41) is 0.793. The highest BCUT2D eigenvalue weighted by Gasteiger charge is 2.61. The Balaban J connectivity index is 1.07. The summed E-state index contributed by atoms with van der Waals surface area (Å²) < 4.78 is 47.3. The second-order valence-electron chi connectivity index (χ2n) is 17.7. The summed E-state index contributed by atoms with van der Waals surface area (Å²) in [6.45, 7) is 4.02. The van der Waals surface area contributed by atoms with Gasteiger partial charge in [-0.2, -0.15) is 4.98 Å². The molecule has 4 aliphatic rings. The maximum atomic E-state index is 15.0. The summed E-state index contributed by atoms with van der Waals surface area (Å²) in [7, 11) is -3.85. The molecule has 62 heavy (non-hydrogen) atoms. The van der Waals surface area contributed by atoms with Crippen molar-refractivity contribution in [2.24, 2.45) is 17.3 Å². The Kier molecular flexibility index (Phi) is 11.6. The smallest absolute Gasteiger partial charge is 0.262 e. The lowest BCUT2D eigenvalue weighted by Gasteiger charge is -2.29. The van der Waals surface area contributed by atoms with Gasteiger partial charge in [0.15, 0.2) is 11.6 Å². The lowest BCUT2D eigenvalue weighted by molar-refractivity contribution is -0.142. The third kappa shape index (κ3) is 8.83. The van der Waals surface area contributed by atoms with Crippen molar-refractivity contribution >= 4 is 61.3 Å². The number of ether oxygens (including phenoxy) is 2. The topological polar surface area (TPSA) is 158 Å². The van der Waals surface area contributed by atoms with Crippen molar-refractivity contribution in [2.45, 2.75) is 108 Å². The van der Waals surface area contributed by atoms with Gasteiger partial charge in [0.1, 0.15) is 23.0 Å². The normalized spacial score (nSPS) is 25.2. The van der Waals surface area contributed by atoms with E-state index in [1.807, 2.05) is 98.8 Å². The number of nitrogens with one attached hydrogen (secondary N) is 1. The van der Waals surface area contributed by atoms with E-state index < -0.39 is 44.7 Å². The predicted octanol–water partition coefficient (Wildman–Crippen LogP) is 8.79. The first-order valence-corrected chi connectivity index (χ1v) is 23.7. The largest absolute Gasteiger partial charge is 0.491 e. The summed E-state index contributed by atoms with van der Waals surface area (Å²) in [6, 6.07) is 21.6. The Morgan fingerprint density at radius 2 is 1.76 bits per heavy atom. The Morgan fingerprint density at radius 3 is 2.52 bits per heavy atom. The van der Waals surface area contributed by atoms with Gasteiger partial charge in [-0.3, -0.25) is 19.1 Å². The lowest BCUT2D eigenvalue weighted by atomic mass is 9.90. The number of ketones is 1. The molecule has 0 radical (unpaired) electrons. The summed E-state index contributed by atoms with van der Waals surface area (Å²) in [5.41, 5.74) is 1.97. The number of furan rings is 1. The van der Waals surface area contributed by atoms with E-state index in [1.165, 1.54) is 0 Å². The van der Waals surface area contributed by atoms with Crippen LogP contribution >= 0.6 is 11.6 Å². The van der Waals surface area contributed by atoms with E-state index in [-0.39, 0.29) is 49.0 Å². The zero-order chi connectivity index (χ0) is 43.2. The monoisotopic (exact) mass is 878 g/mol. The van der Waals surface area contributed by atoms with Gasteiger partial charge >= 0.3 is 0 Å². The molecule has 1 N–H and O–H groups in total.